The van der Waals surface area contributed by atoms with Gasteiger partial charge in [-0.05, 0) is 18.3 Å². The molecule has 1 aliphatic rings. The first kappa shape index (κ1) is 16.4. The summed E-state index contributed by atoms with van der Waals surface area (Å²) in [7, 11) is 0. The van der Waals surface area contributed by atoms with Gasteiger partial charge in [0.15, 0.2) is 0 Å². The van der Waals surface area contributed by atoms with Crippen molar-refractivity contribution in [3.63, 3.8) is 0 Å². The molecule has 0 saturated carbocycles. The monoisotopic (exact) mass is 269 g/mol. The van der Waals surface area contributed by atoms with Crippen LogP contribution in [-0.4, -0.2) is 43.0 Å². The fraction of sp³-hybridized carbons (Fsp3) is 0.933. The molecule has 1 aliphatic heterocycles. The van der Waals surface area contributed by atoms with Crippen LogP contribution in [0.3, 0.4) is 0 Å². The molecule has 1 fully saturated rings. The molecule has 1 saturated heterocycles. The standard InChI is InChI=1S/C15H31N3O/c1-11(2)12-8-13(10-18(9-12)7-6-16)17-14(19)15(3,4)5/h11-13H,6-10,16H2,1-5H3,(H,17,19). The van der Waals surface area contributed by atoms with E-state index in [9.17, 15) is 4.79 Å². The van der Waals surface area contributed by atoms with Crippen LogP contribution in [0.5, 0.6) is 0 Å². The van der Waals surface area contributed by atoms with E-state index in [4.69, 9.17) is 5.73 Å². The molecule has 0 aromatic carbocycles. The maximum Gasteiger partial charge on any atom is 0.225 e. The Hall–Kier alpha value is -0.610. The van der Waals surface area contributed by atoms with Crippen LogP contribution >= 0.6 is 0 Å². The number of nitrogens with zero attached hydrogens (tertiary/aromatic N) is 1. The zero-order valence-corrected chi connectivity index (χ0v) is 13.2. The van der Waals surface area contributed by atoms with Gasteiger partial charge in [-0.2, -0.15) is 0 Å². The smallest absolute Gasteiger partial charge is 0.225 e. The number of hydrogen-bond donors (Lipinski definition) is 2. The third-order valence-corrected chi connectivity index (χ3v) is 3.96. The highest BCUT2D eigenvalue weighted by atomic mass is 16.2. The Labute approximate surface area is 118 Å². The van der Waals surface area contributed by atoms with E-state index in [1.165, 1.54) is 0 Å². The normalized spacial score (nSPS) is 25.6. The highest BCUT2D eigenvalue weighted by molar-refractivity contribution is 5.81. The number of nitrogens with two attached hydrogens (primary N) is 1. The van der Waals surface area contributed by atoms with Gasteiger partial charge in [0.25, 0.3) is 0 Å². The number of amides is 1. The van der Waals surface area contributed by atoms with Gasteiger partial charge >= 0.3 is 0 Å². The van der Waals surface area contributed by atoms with Gasteiger partial charge in [0.05, 0.1) is 0 Å². The molecule has 3 N–H and O–H groups in total. The average molecular weight is 269 g/mol. The van der Waals surface area contributed by atoms with E-state index in [-0.39, 0.29) is 17.4 Å². The average Bonchev–Trinajstić information content (AvgIpc) is 2.27. The van der Waals surface area contributed by atoms with Crippen LogP contribution < -0.4 is 11.1 Å². The Kier molecular flexibility index (Phi) is 5.81. The molecule has 112 valence electrons. The predicted molar refractivity (Wildman–Crippen MR) is 79.8 cm³/mol. The molecule has 19 heavy (non-hydrogen) atoms. The first-order valence-electron chi connectivity index (χ1n) is 7.47. The number of carbonyl (C=O) groups excluding carboxylic acids is 1. The van der Waals surface area contributed by atoms with Gasteiger partial charge in [-0.25, -0.2) is 0 Å². The van der Waals surface area contributed by atoms with Gasteiger partial charge in [-0.1, -0.05) is 34.6 Å². The van der Waals surface area contributed by atoms with E-state index in [0.29, 0.717) is 18.4 Å². The molecule has 1 heterocycles. The number of hydrogen-bond acceptors (Lipinski definition) is 3. The Morgan fingerprint density at radius 2 is 2.00 bits per heavy atom. The summed E-state index contributed by atoms with van der Waals surface area (Å²) in [5.74, 6) is 1.44. The van der Waals surface area contributed by atoms with Gasteiger partial charge in [-0.15, -0.1) is 0 Å². The third-order valence-electron chi connectivity index (χ3n) is 3.96. The maximum absolute atomic E-state index is 12.1. The number of likely N-dealkylation sites (tertiary alicyclic amines) is 1. The minimum atomic E-state index is -0.316. The van der Waals surface area contributed by atoms with Gasteiger partial charge < -0.3 is 11.1 Å². The van der Waals surface area contributed by atoms with Gasteiger partial charge in [0.1, 0.15) is 0 Å². The van der Waals surface area contributed by atoms with E-state index in [0.717, 1.165) is 26.1 Å². The van der Waals surface area contributed by atoms with Crippen molar-refractivity contribution in [1.82, 2.24) is 10.2 Å². The van der Waals surface area contributed by atoms with Crippen molar-refractivity contribution in [3.05, 3.63) is 0 Å². The van der Waals surface area contributed by atoms with Crippen LogP contribution in [0.4, 0.5) is 0 Å². The second-order valence-corrected chi connectivity index (χ2v) is 7.21. The molecule has 2 atom stereocenters. The Bertz CT molecular complexity index is 296. The molecule has 0 bridgehead atoms. The molecule has 0 aromatic heterocycles. The first-order chi connectivity index (χ1) is 8.74. The van der Waals surface area contributed by atoms with Gasteiger partial charge in [0.2, 0.25) is 5.91 Å². The number of rotatable bonds is 4. The molecule has 0 aromatic rings. The highest BCUT2D eigenvalue weighted by Crippen LogP contribution is 2.24. The molecule has 1 rings (SSSR count). The van der Waals surface area contributed by atoms with Crippen molar-refractivity contribution in [2.24, 2.45) is 23.0 Å². The Morgan fingerprint density at radius 1 is 1.37 bits per heavy atom. The summed E-state index contributed by atoms with van der Waals surface area (Å²) in [4.78, 5) is 14.5. The Morgan fingerprint density at radius 3 is 2.47 bits per heavy atom. The van der Waals surface area contributed by atoms with E-state index in [1.807, 2.05) is 20.8 Å². The van der Waals surface area contributed by atoms with Gasteiger partial charge in [0, 0.05) is 37.6 Å². The number of nitrogens with one attached hydrogen (secondary N) is 1. The van der Waals surface area contributed by atoms with Gasteiger partial charge in [-0.3, -0.25) is 9.69 Å². The SMILES string of the molecule is CC(C)C1CC(NC(=O)C(C)(C)C)CN(CCN)C1. The number of piperidine rings is 1. The third kappa shape index (κ3) is 5.11. The Balaban J connectivity index is 2.63. The molecule has 0 radical (unpaired) electrons. The summed E-state index contributed by atoms with van der Waals surface area (Å²) in [6, 6.07) is 0.263. The van der Waals surface area contributed by atoms with Crippen molar-refractivity contribution >= 4 is 5.91 Å². The summed E-state index contributed by atoms with van der Waals surface area (Å²) in [5.41, 5.74) is 5.35. The highest BCUT2D eigenvalue weighted by Gasteiger charge is 2.31. The molecule has 0 spiro atoms. The first-order valence-corrected chi connectivity index (χ1v) is 7.47. The van der Waals surface area contributed by atoms with Crippen LogP contribution in [-0.2, 0) is 4.79 Å². The zero-order valence-electron chi connectivity index (χ0n) is 13.2. The maximum atomic E-state index is 12.1. The van der Waals surface area contributed by atoms with Crippen LogP contribution in [0, 0.1) is 17.3 Å². The lowest BCUT2D eigenvalue weighted by molar-refractivity contribution is -0.129. The molecule has 4 heteroatoms. The molecule has 1 amide bonds. The predicted octanol–water partition coefficient (Wildman–Crippen LogP) is 1.45. The fourth-order valence-electron chi connectivity index (χ4n) is 2.59. The molecule has 2 unspecified atom stereocenters. The topological polar surface area (TPSA) is 58.4 Å². The quantitative estimate of drug-likeness (QED) is 0.812. The second kappa shape index (κ2) is 6.71. The molecule has 4 nitrogen and oxygen atoms in total. The summed E-state index contributed by atoms with van der Waals surface area (Å²) < 4.78 is 0. The minimum absolute atomic E-state index is 0.148. The molecule has 0 aliphatic carbocycles. The zero-order chi connectivity index (χ0) is 14.6. The van der Waals surface area contributed by atoms with Crippen molar-refractivity contribution < 1.29 is 4.79 Å². The summed E-state index contributed by atoms with van der Waals surface area (Å²) in [5, 5.41) is 3.21. The van der Waals surface area contributed by atoms with E-state index >= 15 is 0 Å². The van der Waals surface area contributed by atoms with E-state index in [1.54, 1.807) is 0 Å². The second-order valence-electron chi connectivity index (χ2n) is 7.21. The van der Waals surface area contributed by atoms with Crippen LogP contribution in [0.2, 0.25) is 0 Å². The lowest BCUT2D eigenvalue weighted by Gasteiger charge is -2.40. The van der Waals surface area contributed by atoms with Crippen molar-refractivity contribution in [1.29, 1.82) is 0 Å². The minimum Gasteiger partial charge on any atom is -0.352 e. The van der Waals surface area contributed by atoms with Crippen molar-refractivity contribution in [2.75, 3.05) is 26.2 Å². The van der Waals surface area contributed by atoms with E-state index in [2.05, 4.69) is 24.1 Å². The summed E-state index contributed by atoms with van der Waals surface area (Å²) >= 11 is 0. The van der Waals surface area contributed by atoms with E-state index < -0.39 is 0 Å². The van der Waals surface area contributed by atoms with Crippen LogP contribution in [0.15, 0.2) is 0 Å². The fourth-order valence-corrected chi connectivity index (χ4v) is 2.59. The largest absolute Gasteiger partial charge is 0.352 e. The van der Waals surface area contributed by atoms with Crippen LogP contribution in [0.25, 0.3) is 0 Å². The summed E-state index contributed by atoms with van der Waals surface area (Å²) in [6.07, 6.45) is 1.08. The van der Waals surface area contributed by atoms with Crippen molar-refractivity contribution in [3.8, 4) is 0 Å². The number of carbonyl (C=O) groups is 1. The lowest BCUT2D eigenvalue weighted by Crippen LogP contribution is -2.54. The van der Waals surface area contributed by atoms with Crippen LogP contribution in [0.1, 0.15) is 41.0 Å². The molecular formula is C15H31N3O. The van der Waals surface area contributed by atoms with Crippen molar-refractivity contribution in [2.45, 2.75) is 47.1 Å². The lowest BCUT2D eigenvalue weighted by atomic mass is 9.85. The summed E-state index contributed by atoms with van der Waals surface area (Å²) in [6.45, 7) is 14.1. The molecular weight excluding hydrogens is 238 g/mol.